The SMILES string of the molecule is COCCCn1nc(-c2ncn[nH]2)nc1CCCCCCCS(C)(=O)=O. The number of aryl methyl sites for hydroxylation is 2. The van der Waals surface area contributed by atoms with Gasteiger partial charge >= 0.3 is 0 Å². The van der Waals surface area contributed by atoms with Gasteiger partial charge < -0.3 is 4.74 Å². The number of hydrogen-bond donors (Lipinski definition) is 1. The second-order valence-electron chi connectivity index (χ2n) is 6.40. The van der Waals surface area contributed by atoms with Gasteiger partial charge in [0.15, 0.2) is 5.82 Å². The molecule has 2 rings (SSSR count). The van der Waals surface area contributed by atoms with Crippen molar-refractivity contribution in [3.63, 3.8) is 0 Å². The quantitative estimate of drug-likeness (QED) is 0.522. The molecule has 0 aliphatic rings. The molecule has 0 aliphatic heterocycles. The number of aromatic amines is 1. The molecule has 0 fully saturated rings. The molecule has 0 aromatic carbocycles. The number of aromatic nitrogens is 6. The summed E-state index contributed by atoms with van der Waals surface area (Å²) < 4.78 is 29.2. The van der Waals surface area contributed by atoms with Crippen LogP contribution in [0, 0.1) is 0 Å². The lowest BCUT2D eigenvalue weighted by Crippen LogP contribution is -2.08. The molecule has 2 heterocycles. The largest absolute Gasteiger partial charge is 0.385 e. The minimum Gasteiger partial charge on any atom is -0.385 e. The summed E-state index contributed by atoms with van der Waals surface area (Å²) in [6.07, 6.45) is 9.19. The number of H-pyrrole nitrogens is 1. The molecule has 1 N–H and O–H groups in total. The van der Waals surface area contributed by atoms with Crippen LogP contribution in [0.3, 0.4) is 0 Å². The normalized spacial score (nSPS) is 11.9. The molecule has 10 heteroatoms. The first-order valence-corrected chi connectivity index (χ1v) is 11.0. The molecular formula is C16H28N6O3S. The van der Waals surface area contributed by atoms with Gasteiger partial charge in [0.05, 0.1) is 0 Å². The highest BCUT2D eigenvalue weighted by molar-refractivity contribution is 7.90. The molecule has 0 bridgehead atoms. The van der Waals surface area contributed by atoms with Crippen LogP contribution in [-0.4, -0.2) is 64.1 Å². The van der Waals surface area contributed by atoms with Crippen LogP contribution in [0.1, 0.15) is 44.3 Å². The first-order valence-electron chi connectivity index (χ1n) is 8.95. The van der Waals surface area contributed by atoms with Crippen molar-refractivity contribution in [2.75, 3.05) is 25.7 Å². The maximum Gasteiger partial charge on any atom is 0.218 e. The van der Waals surface area contributed by atoms with Crippen molar-refractivity contribution in [2.24, 2.45) is 0 Å². The molecule has 2 aromatic heterocycles. The Kier molecular flexibility index (Phi) is 8.17. The minimum atomic E-state index is -2.84. The summed E-state index contributed by atoms with van der Waals surface area (Å²) in [7, 11) is -1.15. The monoisotopic (exact) mass is 384 g/mol. The van der Waals surface area contributed by atoms with Crippen LogP contribution in [0.4, 0.5) is 0 Å². The summed E-state index contributed by atoms with van der Waals surface area (Å²) in [6.45, 7) is 1.43. The number of nitrogens with zero attached hydrogens (tertiary/aromatic N) is 5. The molecule has 146 valence electrons. The lowest BCUT2D eigenvalue weighted by molar-refractivity contribution is 0.188. The average Bonchev–Trinajstić information content (AvgIpc) is 3.23. The first kappa shape index (κ1) is 20.5. The van der Waals surface area contributed by atoms with Crippen LogP contribution in [0.2, 0.25) is 0 Å². The van der Waals surface area contributed by atoms with E-state index in [2.05, 4.69) is 25.3 Å². The Hall–Kier alpha value is -1.81. The molecule has 2 aromatic rings. The van der Waals surface area contributed by atoms with Crippen LogP contribution >= 0.6 is 0 Å². The van der Waals surface area contributed by atoms with Crippen molar-refractivity contribution >= 4 is 9.84 Å². The predicted molar refractivity (Wildman–Crippen MR) is 98.4 cm³/mol. The van der Waals surface area contributed by atoms with E-state index in [1.54, 1.807) is 7.11 Å². The number of sulfone groups is 1. The van der Waals surface area contributed by atoms with E-state index in [9.17, 15) is 8.42 Å². The number of hydrogen-bond acceptors (Lipinski definition) is 7. The van der Waals surface area contributed by atoms with Gasteiger partial charge in [-0.15, -0.1) is 5.10 Å². The fraction of sp³-hybridized carbons (Fsp3) is 0.750. The molecule has 0 saturated carbocycles. The maximum absolute atomic E-state index is 11.1. The average molecular weight is 385 g/mol. The van der Waals surface area contributed by atoms with Gasteiger partial charge in [-0.2, -0.15) is 5.10 Å². The standard InChI is InChI=1S/C16H28N6O3S/c1-25-11-8-10-22-14(19-16(21-22)15-17-13-18-20-15)9-6-4-3-5-7-12-26(2,23)24/h13H,3-12H2,1-2H3,(H,17,18,20). The second-order valence-corrected chi connectivity index (χ2v) is 8.66. The highest BCUT2D eigenvalue weighted by atomic mass is 32.2. The van der Waals surface area contributed by atoms with Crippen molar-refractivity contribution in [1.29, 1.82) is 0 Å². The van der Waals surface area contributed by atoms with E-state index in [1.165, 1.54) is 12.6 Å². The van der Waals surface area contributed by atoms with E-state index in [0.29, 0.717) is 18.3 Å². The third-order valence-electron chi connectivity index (χ3n) is 4.01. The minimum absolute atomic E-state index is 0.279. The van der Waals surface area contributed by atoms with Gasteiger partial charge in [0.1, 0.15) is 22.0 Å². The summed E-state index contributed by atoms with van der Waals surface area (Å²) in [4.78, 5) is 8.70. The Balaban J connectivity index is 1.82. The number of methoxy groups -OCH3 is 1. The molecule has 0 atom stereocenters. The first-order chi connectivity index (χ1) is 12.5. The third kappa shape index (κ3) is 7.20. The Morgan fingerprint density at radius 1 is 1.15 bits per heavy atom. The van der Waals surface area contributed by atoms with E-state index >= 15 is 0 Å². The fourth-order valence-corrected chi connectivity index (χ4v) is 3.42. The molecule has 9 nitrogen and oxygen atoms in total. The van der Waals surface area contributed by atoms with Gasteiger partial charge in [0.2, 0.25) is 5.82 Å². The van der Waals surface area contributed by atoms with E-state index in [0.717, 1.165) is 57.3 Å². The Morgan fingerprint density at radius 2 is 1.92 bits per heavy atom. The van der Waals surface area contributed by atoms with Crippen LogP contribution in [0.5, 0.6) is 0 Å². The summed E-state index contributed by atoms with van der Waals surface area (Å²) in [5.41, 5.74) is 0. The van der Waals surface area contributed by atoms with Crippen molar-refractivity contribution in [3.05, 3.63) is 12.2 Å². The maximum atomic E-state index is 11.1. The van der Waals surface area contributed by atoms with E-state index in [1.807, 2.05) is 4.68 Å². The van der Waals surface area contributed by atoms with Crippen molar-refractivity contribution < 1.29 is 13.2 Å². The summed E-state index contributed by atoms with van der Waals surface area (Å²) in [6, 6.07) is 0. The second kappa shape index (κ2) is 10.4. The molecular weight excluding hydrogens is 356 g/mol. The van der Waals surface area contributed by atoms with E-state index < -0.39 is 9.84 Å². The highest BCUT2D eigenvalue weighted by Gasteiger charge is 2.13. The number of ether oxygens (including phenoxy) is 1. The number of rotatable bonds is 13. The summed E-state index contributed by atoms with van der Waals surface area (Å²) in [5, 5.41) is 11.2. The molecule has 0 unspecified atom stereocenters. The fourth-order valence-electron chi connectivity index (χ4n) is 2.69. The van der Waals surface area contributed by atoms with Gasteiger partial charge in [-0.25, -0.2) is 23.1 Å². The Bertz CT molecular complexity index is 742. The Labute approximate surface area is 154 Å². The zero-order valence-corrected chi connectivity index (χ0v) is 16.3. The van der Waals surface area contributed by atoms with Gasteiger partial charge in [0.25, 0.3) is 0 Å². The smallest absolute Gasteiger partial charge is 0.218 e. The number of unbranched alkanes of at least 4 members (excludes halogenated alkanes) is 4. The van der Waals surface area contributed by atoms with Crippen molar-refractivity contribution in [2.45, 2.75) is 51.5 Å². The zero-order valence-electron chi connectivity index (χ0n) is 15.5. The van der Waals surface area contributed by atoms with Crippen LogP contribution in [0.25, 0.3) is 11.6 Å². The number of nitrogens with one attached hydrogen (secondary N) is 1. The molecule has 0 spiro atoms. The van der Waals surface area contributed by atoms with Crippen LogP contribution < -0.4 is 0 Å². The zero-order chi connectivity index (χ0) is 18.8. The van der Waals surface area contributed by atoms with Crippen LogP contribution in [0.15, 0.2) is 6.33 Å². The van der Waals surface area contributed by atoms with Crippen molar-refractivity contribution in [3.8, 4) is 11.6 Å². The predicted octanol–water partition coefficient (Wildman–Crippen LogP) is 1.64. The van der Waals surface area contributed by atoms with E-state index in [4.69, 9.17) is 4.74 Å². The van der Waals surface area contributed by atoms with Gasteiger partial charge in [0, 0.05) is 38.7 Å². The van der Waals surface area contributed by atoms with E-state index in [-0.39, 0.29) is 5.75 Å². The highest BCUT2D eigenvalue weighted by Crippen LogP contribution is 2.13. The molecule has 0 aliphatic carbocycles. The molecule has 26 heavy (non-hydrogen) atoms. The molecule has 0 amide bonds. The molecule has 0 saturated heterocycles. The summed E-state index contributed by atoms with van der Waals surface area (Å²) in [5.74, 6) is 2.34. The van der Waals surface area contributed by atoms with Gasteiger partial charge in [-0.3, -0.25) is 5.10 Å². The third-order valence-corrected chi connectivity index (χ3v) is 5.04. The molecule has 0 radical (unpaired) electrons. The van der Waals surface area contributed by atoms with Crippen LogP contribution in [-0.2, 0) is 27.5 Å². The lowest BCUT2D eigenvalue weighted by Gasteiger charge is -2.05. The van der Waals surface area contributed by atoms with Gasteiger partial charge in [-0.1, -0.05) is 19.3 Å². The summed E-state index contributed by atoms with van der Waals surface area (Å²) >= 11 is 0. The topological polar surface area (TPSA) is 116 Å². The lowest BCUT2D eigenvalue weighted by atomic mass is 10.1. The Morgan fingerprint density at radius 3 is 2.62 bits per heavy atom. The van der Waals surface area contributed by atoms with Crippen molar-refractivity contribution in [1.82, 2.24) is 29.9 Å². The van der Waals surface area contributed by atoms with Gasteiger partial charge in [-0.05, 0) is 19.3 Å².